The van der Waals surface area contributed by atoms with Crippen LogP contribution in [0, 0.1) is 11.3 Å². The fraction of sp³-hybridized carbons (Fsp3) is 0.0588. The molecule has 22 heavy (non-hydrogen) atoms. The highest BCUT2D eigenvalue weighted by Gasteiger charge is 2.04. The van der Waals surface area contributed by atoms with Gasteiger partial charge in [0.05, 0.1) is 16.9 Å². The first-order valence-corrected chi connectivity index (χ1v) is 7.16. The number of aromatic nitrogens is 2. The summed E-state index contributed by atoms with van der Waals surface area (Å²) in [6, 6.07) is 17.3. The average Bonchev–Trinajstić information content (AvgIpc) is 3.08. The van der Waals surface area contributed by atoms with Crippen LogP contribution in [0.1, 0.15) is 11.1 Å². The Balaban J connectivity index is 1.79. The lowest BCUT2D eigenvalue weighted by molar-refractivity contribution is 0.877. The molecule has 0 saturated carbocycles. The molecule has 2 aromatic carbocycles. The Morgan fingerprint density at radius 3 is 2.86 bits per heavy atom. The van der Waals surface area contributed by atoms with Gasteiger partial charge >= 0.3 is 0 Å². The summed E-state index contributed by atoms with van der Waals surface area (Å²) in [7, 11) is 0. The zero-order valence-electron chi connectivity index (χ0n) is 11.7. The SMILES string of the molecule is N#Cc1ccc(Cl)cc1NCc1cccc(-n2cccn2)c1. The van der Waals surface area contributed by atoms with E-state index in [2.05, 4.69) is 22.6 Å². The molecule has 0 spiro atoms. The molecule has 1 heterocycles. The molecule has 0 atom stereocenters. The maximum atomic E-state index is 9.13. The number of nitrogens with one attached hydrogen (secondary N) is 1. The molecule has 0 unspecified atom stereocenters. The number of halogens is 1. The lowest BCUT2D eigenvalue weighted by atomic mass is 10.1. The van der Waals surface area contributed by atoms with E-state index in [1.807, 2.05) is 35.1 Å². The highest BCUT2D eigenvalue weighted by molar-refractivity contribution is 6.30. The summed E-state index contributed by atoms with van der Waals surface area (Å²) in [4.78, 5) is 0. The normalized spacial score (nSPS) is 10.2. The van der Waals surface area contributed by atoms with Crippen molar-refractivity contribution in [2.24, 2.45) is 0 Å². The molecular formula is C17H13ClN4. The van der Waals surface area contributed by atoms with Crippen LogP contribution >= 0.6 is 11.6 Å². The average molecular weight is 309 g/mol. The van der Waals surface area contributed by atoms with Crippen molar-refractivity contribution in [1.82, 2.24) is 9.78 Å². The van der Waals surface area contributed by atoms with E-state index in [0.717, 1.165) is 16.9 Å². The van der Waals surface area contributed by atoms with Crippen molar-refractivity contribution >= 4 is 17.3 Å². The van der Waals surface area contributed by atoms with Crippen molar-refractivity contribution in [3.63, 3.8) is 0 Å². The fourth-order valence-corrected chi connectivity index (χ4v) is 2.36. The number of anilines is 1. The van der Waals surface area contributed by atoms with E-state index in [9.17, 15) is 0 Å². The highest BCUT2D eigenvalue weighted by atomic mass is 35.5. The van der Waals surface area contributed by atoms with Crippen LogP contribution < -0.4 is 5.32 Å². The van der Waals surface area contributed by atoms with Crippen LogP contribution in [-0.2, 0) is 6.54 Å². The molecule has 0 saturated heterocycles. The first kappa shape index (κ1) is 14.2. The number of nitriles is 1. The smallest absolute Gasteiger partial charge is 0.101 e. The molecule has 0 aliphatic rings. The van der Waals surface area contributed by atoms with Crippen LogP contribution in [0.2, 0.25) is 5.02 Å². The van der Waals surface area contributed by atoms with Gasteiger partial charge in [-0.15, -0.1) is 0 Å². The molecule has 1 N–H and O–H groups in total. The second-order valence-corrected chi connectivity index (χ2v) is 5.21. The van der Waals surface area contributed by atoms with E-state index in [0.29, 0.717) is 17.1 Å². The predicted octanol–water partition coefficient (Wildman–Crippen LogP) is 4.01. The Labute approximate surface area is 133 Å². The maximum Gasteiger partial charge on any atom is 0.101 e. The van der Waals surface area contributed by atoms with Gasteiger partial charge < -0.3 is 5.32 Å². The van der Waals surface area contributed by atoms with Crippen molar-refractivity contribution in [2.75, 3.05) is 5.32 Å². The van der Waals surface area contributed by atoms with E-state index in [4.69, 9.17) is 16.9 Å². The van der Waals surface area contributed by atoms with E-state index in [-0.39, 0.29) is 0 Å². The quantitative estimate of drug-likeness (QED) is 0.792. The molecule has 4 nitrogen and oxygen atoms in total. The van der Waals surface area contributed by atoms with Gasteiger partial charge in [0.15, 0.2) is 0 Å². The molecule has 1 aromatic heterocycles. The molecule has 0 aliphatic carbocycles. The van der Waals surface area contributed by atoms with Crippen molar-refractivity contribution in [3.8, 4) is 11.8 Å². The summed E-state index contributed by atoms with van der Waals surface area (Å²) in [6.45, 7) is 0.601. The number of rotatable bonds is 4. The van der Waals surface area contributed by atoms with Crippen LogP contribution in [0.15, 0.2) is 60.9 Å². The zero-order valence-corrected chi connectivity index (χ0v) is 12.5. The standard InChI is InChI=1S/C17H13ClN4/c18-15-6-5-14(11-19)17(10-15)20-12-13-3-1-4-16(9-13)22-8-2-7-21-22/h1-10,20H,12H2. The molecule has 3 aromatic rings. The lowest BCUT2D eigenvalue weighted by Crippen LogP contribution is -2.02. The van der Waals surface area contributed by atoms with Crippen LogP contribution in [-0.4, -0.2) is 9.78 Å². The molecule has 5 heteroatoms. The van der Waals surface area contributed by atoms with E-state index in [1.54, 1.807) is 24.4 Å². The van der Waals surface area contributed by atoms with Crippen LogP contribution in [0.25, 0.3) is 5.69 Å². The van der Waals surface area contributed by atoms with E-state index < -0.39 is 0 Å². The van der Waals surface area contributed by atoms with Crippen LogP contribution in [0.5, 0.6) is 0 Å². The molecular weight excluding hydrogens is 296 g/mol. The maximum absolute atomic E-state index is 9.13. The molecule has 0 fully saturated rings. The Kier molecular flexibility index (Phi) is 4.08. The lowest BCUT2D eigenvalue weighted by Gasteiger charge is -2.10. The number of hydrogen-bond donors (Lipinski definition) is 1. The topological polar surface area (TPSA) is 53.6 Å². The summed E-state index contributed by atoms with van der Waals surface area (Å²) in [5, 5.41) is 17.2. The summed E-state index contributed by atoms with van der Waals surface area (Å²) in [5.41, 5.74) is 3.40. The zero-order chi connectivity index (χ0) is 15.4. The number of hydrogen-bond acceptors (Lipinski definition) is 3. The van der Waals surface area contributed by atoms with Crippen LogP contribution in [0.4, 0.5) is 5.69 Å². The third-order valence-corrected chi connectivity index (χ3v) is 3.50. The van der Waals surface area contributed by atoms with Gasteiger partial charge in [-0.25, -0.2) is 4.68 Å². The highest BCUT2D eigenvalue weighted by Crippen LogP contribution is 2.21. The second-order valence-electron chi connectivity index (χ2n) is 4.78. The van der Waals surface area contributed by atoms with Gasteiger partial charge in [0, 0.05) is 24.0 Å². The third kappa shape index (κ3) is 3.11. The Bertz CT molecular complexity index is 819. The minimum Gasteiger partial charge on any atom is -0.380 e. The molecule has 0 bridgehead atoms. The monoisotopic (exact) mass is 308 g/mol. The fourth-order valence-electron chi connectivity index (χ4n) is 2.19. The number of nitrogens with zero attached hydrogens (tertiary/aromatic N) is 3. The predicted molar refractivity (Wildman–Crippen MR) is 87.1 cm³/mol. The van der Waals surface area contributed by atoms with E-state index >= 15 is 0 Å². The van der Waals surface area contributed by atoms with Gasteiger partial charge in [0.1, 0.15) is 6.07 Å². The Morgan fingerprint density at radius 1 is 1.18 bits per heavy atom. The van der Waals surface area contributed by atoms with Crippen molar-refractivity contribution in [3.05, 3.63) is 77.1 Å². The van der Waals surface area contributed by atoms with Gasteiger partial charge in [0.25, 0.3) is 0 Å². The van der Waals surface area contributed by atoms with Gasteiger partial charge in [-0.2, -0.15) is 10.4 Å². The van der Waals surface area contributed by atoms with Gasteiger partial charge in [-0.3, -0.25) is 0 Å². The van der Waals surface area contributed by atoms with Gasteiger partial charge in [0.2, 0.25) is 0 Å². The summed E-state index contributed by atoms with van der Waals surface area (Å²) < 4.78 is 1.81. The summed E-state index contributed by atoms with van der Waals surface area (Å²) in [6.07, 6.45) is 3.65. The van der Waals surface area contributed by atoms with Crippen molar-refractivity contribution < 1.29 is 0 Å². The first-order chi connectivity index (χ1) is 10.8. The first-order valence-electron chi connectivity index (χ1n) is 6.79. The van der Waals surface area contributed by atoms with E-state index in [1.165, 1.54) is 0 Å². The van der Waals surface area contributed by atoms with Gasteiger partial charge in [-0.1, -0.05) is 23.7 Å². The molecule has 108 valence electrons. The van der Waals surface area contributed by atoms with Crippen LogP contribution in [0.3, 0.4) is 0 Å². The summed E-state index contributed by atoms with van der Waals surface area (Å²) >= 11 is 5.99. The molecule has 0 radical (unpaired) electrons. The third-order valence-electron chi connectivity index (χ3n) is 3.26. The molecule has 3 rings (SSSR count). The minimum absolute atomic E-state index is 0.577. The second kappa shape index (κ2) is 6.33. The molecule has 0 aliphatic heterocycles. The van der Waals surface area contributed by atoms with Gasteiger partial charge in [-0.05, 0) is 42.0 Å². The van der Waals surface area contributed by atoms with Crippen molar-refractivity contribution in [1.29, 1.82) is 5.26 Å². The van der Waals surface area contributed by atoms with Crippen molar-refractivity contribution in [2.45, 2.75) is 6.54 Å². The Hall–Kier alpha value is -2.77. The molecule has 0 amide bonds. The summed E-state index contributed by atoms with van der Waals surface area (Å²) in [5.74, 6) is 0. The largest absolute Gasteiger partial charge is 0.380 e. The minimum atomic E-state index is 0.577. The Morgan fingerprint density at radius 2 is 2.09 bits per heavy atom. The number of benzene rings is 2.